The monoisotopic (exact) mass is 680 g/mol. The molecule has 0 aromatic heterocycles. The molecule has 0 fully saturated rings. The van der Waals surface area contributed by atoms with Gasteiger partial charge in [-0.15, -0.1) is 0 Å². The van der Waals surface area contributed by atoms with Gasteiger partial charge in [-0.25, -0.2) is 0 Å². The van der Waals surface area contributed by atoms with Gasteiger partial charge in [0, 0.05) is 11.5 Å². The zero-order valence-corrected chi connectivity index (χ0v) is 27.0. The van der Waals surface area contributed by atoms with E-state index in [1.165, 1.54) is 44.3 Å². The molecule has 0 amide bonds. The van der Waals surface area contributed by atoms with Crippen molar-refractivity contribution in [1.82, 2.24) is 0 Å². The van der Waals surface area contributed by atoms with Crippen molar-refractivity contribution in [2.45, 2.75) is 76.7 Å². The summed E-state index contributed by atoms with van der Waals surface area (Å²) in [6.07, 6.45) is 0. The van der Waals surface area contributed by atoms with Gasteiger partial charge in [0.2, 0.25) is 0 Å². The van der Waals surface area contributed by atoms with Crippen LogP contribution in [0.4, 0.5) is 0 Å². The van der Waals surface area contributed by atoms with E-state index in [0.717, 1.165) is 53.9 Å². The van der Waals surface area contributed by atoms with E-state index in [4.69, 9.17) is 0 Å². The fraction of sp³-hybridized carbons (Fsp3) is 1.00. The first kappa shape index (κ1) is 34.9. The fourth-order valence-corrected chi connectivity index (χ4v) is 11.2. The molecular weight excluding hydrogens is 636 g/mol. The number of hydrogen-bond acceptors (Lipinski definition) is 4. The summed E-state index contributed by atoms with van der Waals surface area (Å²) < 4.78 is 0. The Morgan fingerprint density at radius 2 is 0.792 bits per heavy atom. The van der Waals surface area contributed by atoms with Crippen LogP contribution in [0.5, 0.6) is 0 Å². The Bertz CT molecular complexity index is 110. The first-order valence-electron chi connectivity index (χ1n) is 8.63. The molecule has 0 rings (SSSR count). The summed E-state index contributed by atoms with van der Waals surface area (Å²) in [6, 6.07) is 0. The summed E-state index contributed by atoms with van der Waals surface area (Å²) in [5.74, 6) is 5.07. The van der Waals surface area contributed by atoms with Gasteiger partial charge in [-0.05, 0) is 0 Å². The topological polar surface area (TPSA) is 0 Å². The first-order chi connectivity index (χ1) is 11.7. The average molecular weight is 677 g/mol. The van der Waals surface area contributed by atoms with Crippen molar-refractivity contribution in [2.75, 3.05) is 23.0 Å². The number of hydrogen-bond donors (Lipinski definition) is 0. The molecule has 0 saturated heterocycles. The Kier molecular flexibility index (Phi) is 66.0. The Morgan fingerprint density at radius 1 is 0.458 bits per heavy atom. The quantitative estimate of drug-likeness (QED) is 0.122. The van der Waals surface area contributed by atoms with Crippen LogP contribution in [0.25, 0.3) is 0 Å². The van der Waals surface area contributed by atoms with Gasteiger partial charge in [-0.3, -0.25) is 0 Å². The van der Waals surface area contributed by atoms with Crippen LogP contribution in [-0.4, -0.2) is 76.9 Å². The van der Waals surface area contributed by atoms with Gasteiger partial charge in [0.25, 0.3) is 0 Å². The summed E-state index contributed by atoms with van der Waals surface area (Å²) in [4.78, 5) is 0. The van der Waals surface area contributed by atoms with Gasteiger partial charge in [-0.1, -0.05) is 35.4 Å². The molecule has 0 aliphatic carbocycles. The molecule has 0 aliphatic rings. The van der Waals surface area contributed by atoms with Gasteiger partial charge in [0.1, 0.15) is 0 Å². The van der Waals surface area contributed by atoms with Gasteiger partial charge in [0.05, 0.1) is 0 Å². The summed E-state index contributed by atoms with van der Waals surface area (Å²) in [7, 11) is 7.99. The molecule has 8 heteroatoms. The Labute approximate surface area is 193 Å². The maximum absolute atomic E-state index is 2.28. The average Bonchev–Trinajstić information content (AvgIpc) is 2.62. The molecule has 0 nitrogen and oxygen atoms in total. The van der Waals surface area contributed by atoms with E-state index in [1.807, 2.05) is 21.6 Å². The number of rotatable bonds is 12. The fourth-order valence-electron chi connectivity index (χ4n) is 0.667. The summed E-state index contributed by atoms with van der Waals surface area (Å²) in [5.41, 5.74) is 0. The van der Waals surface area contributed by atoms with Crippen LogP contribution in [0.3, 0.4) is 0 Å². The van der Waals surface area contributed by atoms with Crippen LogP contribution in [-0.2, 0) is 0 Å². The molecule has 0 saturated carbocycles. The molecule has 0 aromatic carbocycles. The minimum absolute atomic E-state index is 0.884. The van der Waals surface area contributed by atoms with Gasteiger partial charge in [0.15, 0.2) is 0 Å². The van der Waals surface area contributed by atoms with Gasteiger partial charge < -0.3 is 0 Å². The van der Waals surface area contributed by atoms with E-state index >= 15 is 0 Å². The standard InChI is InChI=1S/C4H10S2.2C4H10SSe.C4H10Se2/c4*1-3-5-6-4-2/h4*3-4H2,1-2H3. The summed E-state index contributed by atoms with van der Waals surface area (Å²) in [5, 5.41) is 5.65. The Balaban J connectivity index is -0.000000111. The van der Waals surface area contributed by atoms with Crippen molar-refractivity contribution >= 4 is 95.9 Å². The van der Waals surface area contributed by atoms with Crippen molar-refractivity contribution in [1.29, 1.82) is 0 Å². The van der Waals surface area contributed by atoms with Crippen LogP contribution in [0, 0.1) is 0 Å². The summed E-state index contributed by atoms with van der Waals surface area (Å²) in [6.45, 7) is 17.8. The van der Waals surface area contributed by atoms with Crippen molar-refractivity contribution in [3.63, 3.8) is 0 Å². The molecular formula is C16H40S4Se4. The third kappa shape index (κ3) is 63.7. The normalized spacial score (nSPS) is 9.00. The molecule has 0 radical (unpaired) electrons. The zero-order chi connectivity index (χ0) is 19.3. The van der Waals surface area contributed by atoms with Crippen molar-refractivity contribution in [3.05, 3.63) is 0 Å². The first-order valence-corrected chi connectivity index (χ1v) is 26.3. The SMILES string of the molecule is CCSSCC.CCS[Se]CC.CCS[Se]CC.CC[Se][Se]CC. The second-order valence-corrected chi connectivity index (χ2v) is 25.3. The molecule has 0 aromatic rings. The van der Waals surface area contributed by atoms with Crippen LogP contribution in [0.2, 0.25) is 21.3 Å². The third-order valence-electron chi connectivity index (χ3n) is 1.28. The molecule has 0 bridgehead atoms. The van der Waals surface area contributed by atoms with Crippen molar-refractivity contribution in [3.8, 4) is 0 Å². The molecule has 152 valence electrons. The predicted octanol–water partition coefficient (Wildman–Crippen LogP) is 7.19. The molecule has 0 unspecified atom stereocenters. The van der Waals surface area contributed by atoms with Crippen LogP contribution < -0.4 is 0 Å². The van der Waals surface area contributed by atoms with Crippen LogP contribution >= 0.6 is 41.9 Å². The van der Waals surface area contributed by atoms with Crippen molar-refractivity contribution < 1.29 is 0 Å². The van der Waals surface area contributed by atoms with E-state index in [9.17, 15) is 0 Å². The van der Waals surface area contributed by atoms with E-state index in [1.54, 1.807) is 0 Å². The molecule has 0 aliphatic heterocycles. The second-order valence-electron chi connectivity index (χ2n) is 3.25. The molecule has 0 N–H and O–H groups in total. The van der Waals surface area contributed by atoms with E-state index in [0.29, 0.717) is 0 Å². The van der Waals surface area contributed by atoms with E-state index < -0.39 is 0 Å². The van der Waals surface area contributed by atoms with Gasteiger partial charge >= 0.3 is 149 Å². The Hall–Kier alpha value is 3.48. The second kappa shape index (κ2) is 45.3. The Morgan fingerprint density at radius 3 is 0.917 bits per heavy atom. The van der Waals surface area contributed by atoms with E-state index in [2.05, 4.69) is 75.7 Å². The van der Waals surface area contributed by atoms with Gasteiger partial charge in [-0.2, -0.15) is 0 Å². The zero-order valence-electron chi connectivity index (χ0n) is 16.9. The molecule has 0 atom stereocenters. The molecule has 0 spiro atoms. The minimum atomic E-state index is 0.884. The van der Waals surface area contributed by atoms with Crippen LogP contribution in [0.1, 0.15) is 55.4 Å². The third-order valence-corrected chi connectivity index (χ3v) is 21.4. The summed E-state index contributed by atoms with van der Waals surface area (Å²) >= 11 is 3.83. The maximum atomic E-state index is 2.28. The molecule has 0 heterocycles. The molecule has 24 heavy (non-hydrogen) atoms. The van der Waals surface area contributed by atoms with Crippen LogP contribution in [0.15, 0.2) is 0 Å². The van der Waals surface area contributed by atoms with E-state index in [-0.39, 0.29) is 0 Å². The predicted molar refractivity (Wildman–Crippen MR) is 137 cm³/mol. The van der Waals surface area contributed by atoms with Crippen molar-refractivity contribution in [2.24, 2.45) is 0 Å².